The molecule has 1 aromatic rings. The van der Waals surface area contributed by atoms with Crippen LogP contribution in [0, 0.1) is 0 Å². The van der Waals surface area contributed by atoms with E-state index in [0.29, 0.717) is 31.6 Å². The number of aromatic nitrogens is 2. The number of rotatable bonds is 1. The molecule has 1 fully saturated rings. The highest BCUT2D eigenvalue weighted by Gasteiger charge is 2.23. The van der Waals surface area contributed by atoms with Crippen molar-refractivity contribution >= 4 is 11.7 Å². The van der Waals surface area contributed by atoms with Crippen molar-refractivity contribution in [2.24, 2.45) is 7.05 Å². The van der Waals surface area contributed by atoms with Crippen molar-refractivity contribution in [2.45, 2.75) is 12.8 Å². The SMILES string of the molecule is Cn1nccc1C(=O)N1CCC(=O)CC1. The first-order chi connectivity index (χ1) is 7.18. The number of hydrogen-bond donors (Lipinski definition) is 0. The van der Waals surface area contributed by atoms with E-state index < -0.39 is 0 Å². The van der Waals surface area contributed by atoms with Gasteiger partial charge in [-0.2, -0.15) is 5.10 Å². The van der Waals surface area contributed by atoms with E-state index in [-0.39, 0.29) is 11.7 Å². The summed E-state index contributed by atoms with van der Waals surface area (Å²) in [5.74, 6) is 0.201. The minimum absolute atomic E-state index is 0.0394. The summed E-state index contributed by atoms with van der Waals surface area (Å²) in [6.07, 6.45) is 2.55. The number of likely N-dealkylation sites (tertiary alicyclic amines) is 1. The maximum Gasteiger partial charge on any atom is 0.272 e. The first-order valence-electron chi connectivity index (χ1n) is 4.97. The number of hydrogen-bond acceptors (Lipinski definition) is 3. The van der Waals surface area contributed by atoms with E-state index >= 15 is 0 Å². The zero-order valence-corrected chi connectivity index (χ0v) is 8.64. The van der Waals surface area contributed by atoms with Gasteiger partial charge in [0.2, 0.25) is 0 Å². The van der Waals surface area contributed by atoms with Crippen molar-refractivity contribution in [1.29, 1.82) is 0 Å². The van der Waals surface area contributed by atoms with Gasteiger partial charge in [0, 0.05) is 39.2 Å². The average Bonchev–Trinajstić information content (AvgIpc) is 2.65. The molecular weight excluding hydrogens is 194 g/mol. The van der Waals surface area contributed by atoms with Crippen LogP contribution in [0.25, 0.3) is 0 Å². The van der Waals surface area contributed by atoms with Crippen molar-refractivity contribution in [3.63, 3.8) is 0 Å². The number of carbonyl (C=O) groups is 2. The number of nitrogens with zero attached hydrogens (tertiary/aromatic N) is 3. The van der Waals surface area contributed by atoms with Gasteiger partial charge in [0.1, 0.15) is 11.5 Å². The Balaban J connectivity index is 2.09. The van der Waals surface area contributed by atoms with Crippen molar-refractivity contribution in [1.82, 2.24) is 14.7 Å². The third-order valence-electron chi connectivity index (χ3n) is 2.65. The quantitative estimate of drug-likeness (QED) is 0.662. The summed E-state index contributed by atoms with van der Waals surface area (Å²) in [6.45, 7) is 1.06. The lowest BCUT2D eigenvalue weighted by molar-refractivity contribution is -0.120. The van der Waals surface area contributed by atoms with Crippen LogP contribution in [0.2, 0.25) is 0 Å². The maximum absolute atomic E-state index is 11.9. The monoisotopic (exact) mass is 207 g/mol. The van der Waals surface area contributed by atoms with Crippen LogP contribution in [-0.2, 0) is 11.8 Å². The number of ketones is 1. The van der Waals surface area contributed by atoms with Gasteiger partial charge in [-0.05, 0) is 6.07 Å². The van der Waals surface area contributed by atoms with E-state index in [1.165, 1.54) is 0 Å². The van der Waals surface area contributed by atoms with Crippen LogP contribution in [-0.4, -0.2) is 39.5 Å². The molecule has 0 saturated carbocycles. The molecule has 0 atom stereocenters. The van der Waals surface area contributed by atoms with Gasteiger partial charge >= 0.3 is 0 Å². The highest BCUT2D eigenvalue weighted by Crippen LogP contribution is 2.10. The Morgan fingerprint density at radius 1 is 1.40 bits per heavy atom. The molecule has 5 nitrogen and oxygen atoms in total. The van der Waals surface area contributed by atoms with Gasteiger partial charge < -0.3 is 4.90 Å². The Labute approximate surface area is 87.7 Å². The highest BCUT2D eigenvalue weighted by atomic mass is 16.2. The van der Waals surface area contributed by atoms with Crippen LogP contribution in [0.4, 0.5) is 0 Å². The summed E-state index contributed by atoms with van der Waals surface area (Å²) in [5, 5.41) is 3.95. The van der Waals surface area contributed by atoms with E-state index in [4.69, 9.17) is 0 Å². The second-order valence-corrected chi connectivity index (χ2v) is 3.67. The molecule has 0 aromatic carbocycles. The molecule has 2 heterocycles. The molecule has 1 saturated heterocycles. The maximum atomic E-state index is 11.9. The normalized spacial score (nSPS) is 16.9. The van der Waals surface area contributed by atoms with Gasteiger partial charge in [0.25, 0.3) is 5.91 Å². The summed E-state index contributed by atoms with van der Waals surface area (Å²) in [6, 6.07) is 1.69. The second kappa shape index (κ2) is 3.84. The predicted octanol–water partition coefficient (Wildman–Crippen LogP) is 0.225. The van der Waals surface area contributed by atoms with Crippen LogP contribution in [0.15, 0.2) is 12.3 Å². The van der Waals surface area contributed by atoms with E-state index in [1.807, 2.05) is 0 Å². The Hall–Kier alpha value is -1.65. The predicted molar refractivity (Wildman–Crippen MR) is 53.4 cm³/mol. The Kier molecular flexibility index (Phi) is 2.53. The van der Waals surface area contributed by atoms with Crippen LogP contribution < -0.4 is 0 Å². The first kappa shape index (κ1) is 9.89. The molecule has 0 radical (unpaired) electrons. The fraction of sp³-hybridized carbons (Fsp3) is 0.500. The minimum atomic E-state index is -0.0394. The van der Waals surface area contributed by atoms with Crippen molar-refractivity contribution < 1.29 is 9.59 Å². The highest BCUT2D eigenvalue weighted by molar-refractivity contribution is 5.93. The number of aryl methyl sites for hydroxylation is 1. The van der Waals surface area contributed by atoms with Gasteiger partial charge in [-0.15, -0.1) is 0 Å². The number of amides is 1. The lowest BCUT2D eigenvalue weighted by Gasteiger charge is -2.25. The molecule has 0 aliphatic carbocycles. The van der Waals surface area contributed by atoms with E-state index in [0.717, 1.165) is 0 Å². The van der Waals surface area contributed by atoms with Gasteiger partial charge in [0.15, 0.2) is 0 Å². The van der Waals surface area contributed by atoms with Gasteiger partial charge in [-0.25, -0.2) is 0 Å². The molecule has 1 amide bonds. The molecule has 1 aromatic heterocycles. The van der Waals surface area contributed by atoms with Crippen molar-refractivity contribution in [3.8, 4) is 0 Å². The Morgan fingerprint density at radius 2 is 2.07 bits per heavy atom. The summed E-state index contributed by atoms with van der Waals surface area (Å²) in [4.78, 5) is 24.7. The molecule has 2 rings (SSSR count). The molecular formula is C10H13N3O2. The number of Topliss-reactive ketones (excluding diaryl/α,β-unsaturated/α-hetero) is 1. The number of carbonyl (C=O) groups excluding carboxylic acids is 2. The van der Waals surface area contributed by atoms with E-state index in [9.17, 15) is 9.59 Å². The van der Waals surface area contributed by atoms with E-state index in [1.54, 1.807) is 28.9 Å². The summed E-state index contributed by atoms with van der Waals surface area (Å²) < 4.78 is 1.55. The standard InChI is InChI=1S/C10H13N3O2/c1-12-9(2-5-11-12)10(15)13-6-3-8(14)4-7-13/h2,5H,3-4,6-7H2,1H3. The van der Waals surface area contributed by atoms with Gasteiger partial charge in [-0.1, -0.05) is 0 Å². The molecule has 1 aliphatic heterocycles. The fourth-order valence-corrected chi connectivity index (χ4v) is 1.70. The summed E-state index contributed by atoms with van der Waals surface area (Å²) in [7, 11) is 1.74. The van der Waals surface area contributed by atoms with Gasteiger partial charge in [-0.3, -0.25) is 14.3 Å². The smallest absolute Gasteiger partial charge is 0.272 e. The van der Waals surface area contributed by atoms with Crippen LogP contribution in [0.1, 0.15) is 23.3 Å². The van der Waals surface area contributed by atoms with E-state index in [2.05, 4.69) is 5.10 Å². The van der Waals surface area contributed by atoms with Crippen LogP contribution in [0.5, 0.6) is 0 Å². The molecule has 0 spiro atoms. The molecule has 1 aliphatic rings. The topological polar surface area (TPSA) is 55.2 Å². The third-order valence-corrected chi connectivity index (χ3v) is 2.65. The molecule has 15 heavy (non-hydrogen) atoms. The van der Waals surface area contributed by atoms with Crippen LogP contribution in [0.3, 0.4) is 0 Å². The third kappa shape index (κ3) is 1.91. The Bertz CT molecular complexity index is 387. The average molecular weight is 207 g/mol. The molecule has 0 unspecified atom stereocenters. The fourth-order valence-electron chi connectivity index (χ4n) is 1.70. The molecule has 5 heteroatoms. The minimum Gasteiger partial charge on any atom is -0.336 e. The molecule has 0 N–H and O–H groups in total. The molecule has 0 bridgehead atoms. The largest absolute Gasteiger partial charge is 0.336 e. The zero-order chi connectivity index (χ0) is 10.8. The van der Waals surface area contributed by atoms with Crippen molar-refractivity contribution in [3.05, 3.63) is 18.0 Å². The van der Waals surface area contributed by atoms with Gasteiger partial charge in [0.05, 0.1) is 0 Å². The first-order valence-corrected chi connectivity index (χ1v) is 4.97. The summed E-state index contributed by atoms with van der Waals surface area (Å²) >= 11 is 0. The van der Waals surface area contributed by atoms with Crippen molar-refractivity contribution in [2.75, 3.05) is 13.1 Å². The lowest BCUT2D eigenvalue weighted by atomic mass is 10.1. The Morgan fingerprint density at radius 3 is 2.60 bits per heavy atom. The second-order valence-electron chi connectivity index (χ2n) is 3.67. The molecule has 80 valence electrons. The summed E-state index contributed by atoms with van der Waals surface area (Å²) in [5.41, 5.74) is 0.573. The number of piperidine rings is 1. The zero-order valence-electron chi connectivity index (χ0n) is 8.64. The van der Waals surface area contributed by atoms with Crippen LogP contribution >= 0.6 is 0 Å². The lowest BCUT2D eigenvalue weighted by Crippen LogP contribution is -2.39.